The molecule has 2 atom stereocenters. The van der Waals surface area contributed by atoms with Gasteiger partial charge in [0.1, 0.15) is 24.0 Å². The Balaban J connectivity index is 1.31. The van der Waals surface area contributed by atoms with E-state index in [0.717, 1.165) is 61.7 Å². The van der Waals surface area contributed by atoms with Crippen molar-refractivity contribution >= 4 is 11.0 Å². The van der Waals surface area contributed by atoms with Gasteiger partial charge in [-0.05, 0) is 80.3 Å². The minimum Gasteiger partial charge on any atom is -0.463 e. The third-order valence-electron chi connectivity index (χ3n) is 8.47. The normalized spacial score (nSPS) is 20.9. The summed E-state index contributed by atoms with van der Waals surface area (Å²) >= 11 is 0. The van der Waals surface area contributed by atoms with Gasteiger partial charge in [0.2, 0.25) is 5.43 Å². The fourth-order valence-electron chi connectivity index (χ4n) is 6.17. The van der Waals surface area contributed by atoms with Gasteiger partial charge >= 0.3 is 0 Å². The van der Waals surface area contributed by atoms with Crippen molar-refractivity contribution in [1.82, 2.24) is 24.6 Å². The maximum Gasteiger partial charge on any atom is 0.202 e. The SMILES string of the molecule is Cc1cc(CN2CCO[C@H](C)C2)cc2c(=O)c(-c3cc([C@H](c4nncn4C)C4CC4)cc(C4CC4)n3)coc12. The Labute approximate surface area is 228 Å². The molecule has 1 saturated heterocycles. The molecule has 0 spiro atoms. The Morgan fingerprint density at radius 3 is 2.69 bits per heavy atom. The molecular formula is C31H35N5O3. The Morgan fingerprint density at radius 2 is 1.97 bits per heavy atom. The van der Waals surface area contributed by atoms with Gasteiger partial charge in [-0.2, -0.15) is 0 Å². The van der Waals surface area contributed by atoms with Crippen LogP contribution in [-0.2, 0) is 18.3 Å². The molecule has 202 valence electrons. The van der Waals surface area contributed by atoms with Crippen LogP contribution in [0.5, 0.6) is 0 Å². The van der Waals surface area contributed by atoms with Crippen molar-refractivity contribution in [2.24, 2.45) is 13.0 Å². The fraction of sp³-hybridized carbons (Fsp3) is 0.484. The quantitative estimate of drug-likeness (QED) is 0.338. The summed E-state index contributed by atoms with van der Waals surface area (Å²) in [5, 5.41) is 9.26. The number of hydrogen-bond acceptors (Lipinski definition) is 7. The van der Waals surface area contributed by atoms with Crippen LogP contribution < -0.4 is 5.43 Å². The summed E-state index contributed by atoms with van der Waals surface area (Å²) in [5.74, 6) is 2.12. The van der Waals surface area contributed by atoms with Crippen LogP contribution in [-0.4, -0.2) is 50.4 Å². The second kappa shape index (κ2) is 9.68. The Morgan fingerprint density at radius 1 is 1.13 bits per heavy atom. The zero-order valence-electron chi connectivity index (χ0n) is 22.9. The number of fused-ring (bicyclic) bond motifs is 1. The highest BCUT2D eigenvalue weighted by Gasteiger charge is 2.37. The molecule has 4 aromatic rings. The molecule has 39 heavy (non-hydrogen) atoms. The van der Waals surface area contributed by atoms with Gasteiger partial charge in [0, 0.05) is 44.2 Å². The molecular weight excluding hydrogens is 490 g/mol. The summed E-state index contributed by atoms with van der Waals surface area (Å²) in [5.41, 5.74) is 6.19. The smallest absolute Gasteiger partial charge is 0.202 e. The first-order chi connectivity index (χ1) is 18.9. The van der Waals surface area contributed by atoms with Crippen LogP contribution in [0.1, 0.15) is 72.7 Å². The standard InChI is InChI=1S/C31H35N5O3/c1-18-10-20(15-36-8-9-38-19(2)14-36)11-24-29(37)25(16-39-30(18)24)27-13-23(12-26(33-27)21-4-5-21)28(22-6-7-22)31-34-32-17-35(31)3/h10-13,16-17,19,21-22,28H,4-9,14-15H2,1-3H3/t19-,28-/m1/s1. The Hall–Kier alpha value is -3.36. The van der Waals surface area contributed by atoms with E-state index in [1.165, 1.54) is 18.4 Å². The molecule has 7 rings (SSSR count). The molecule has 2 saturated carbocycles. The minimum atomic E-state index is -0.0235. The highest BCUT2D eigenvalue weighted by atomic mass is 16.5. The molecule has 2 aliphatic carbocycles. The third kappa shape index (κ3) is 4.80. The number of nitrogens with zero attached hydrogens (tertiary/aromatic N) is 5. The van der Waals surface area contributed by atoms with E-state index in [1.807, 2.05) is 24.6 Å². The van der Waals surface area contributed by atoms with Crippen LogP contribution in [0, 0.1) is 12.8 Å². The highest BCUT2D eigenvalue weighted by molar-refractivity contribution is 5.84. The van der Waals surface area contributed by atoms with Crippen molar-refractivity contribution < 1.29 is 9.15 Å². The van der Waals surface area contributed by atoms with Crippen molar-refractivity contribution in [3.8, 4) is 11.3 Å². The molecule has 0 unspecified atom stereocenters. The maximum absolute atomic E-state index is 14.0. The fourth-order valence-corrected chi connectivity index (χ4v) is 6.17. The summed E-state index contributed by atoms with van der Waals surface area (Å²) in [6.07, 6.45) is 8.23. The summed E-state index contributed by atoms with van der Waals surface area (Å²) in [4.78, 5) is 21.4. The first-order valence-electron chi connectivity index (χ1n) is 14.2. The van der Waals surface area contributed by atoms with Crippen molar-refractivity contribution in [1.29, 1.82) is 0 Å². The monoisotopic (exact) mass is 525 g/mol. The lowest BCUT2D eigenvalue weighted by atomic mass is 9.91. The number of benzene rings is 1. The van der Waals surface area contributed by atoms with Crippen molar-refractivity contribution in [2.75, 3.05) is 19.7 Å². The van der Waals surface area contributed by atoms with E-state index in [-0.39, 0.29) is 17.5 Å². The van der Waals surface area contributed by atoms with Gasteiger partial charge < -0.3 is 13.7 Å². The summed E-state index contributed by atoms with van der Waals surface area (Å²) in [6.45, 7) is 7.43. The topological polar surface area (TPSA) is 86.3 Å². The molecule has 0 radical (unpaired) electrons. The van der Waals surface area contributed by atoms with Crippen molar-refractivity contribution in [3.05, 3.63) is 75.3 Å². The molecule has 8 heteroatoms. The van der Waals surface area contributed by atoms with Gasteiger partial charge in [-0.1, -0.05) is 6.07 Å². The van der Waals surface area contributed by atoms with Crippen LogP contribution >= 0.6 is 0 Å². The number of aryl methyl sites for hydroxylation is 2. The largest absolute Gasteiger partial charge is 0.463 e. The van der Waals surface area contributed by atoms with Gasteiger partial charge in [-0.25, -0.2) is 0 Å². The molecule has 3 aromatic heterocycles. The molecule has 3 aliphatic rings. The van der Waals surface area contributed by atoms with E-state index < -0.39 is 0 Å². The number of ether oxygens (including phenoxy) is 1. The van der Waals surface area contributed by atoms with Gasteiger partial charge in [0.25, 0.3) is 0 Å². The predicted molar refractivity (Wildman–Crippen MR) is 149 cm³/mol. The van der Waals surface area contributed by atoms with E-state index in [0.29, 0.717) is 34.1 Å². The molecule has 8 nitrogen and oxygen atoms in total. The van der Waals surface area contributed by atoms with Gasteiger partial charge in [0.05, 0.1) is 29.4 Å². The molecule has 0 N–H and O–H groups in total. The van der Waals surface area contributed by atoms with E-state index in [9.17, 15) is 4.79 Å². The van der Waals surface area contributed by atoms with Crippen LogP contribution in [0.25, 0.3) is 22.2 Å². The predicted octanol–water partition coefficient (Wildman–Crippen LogP) is 4.93. The van der Waals surface area contributed by atoms with Crippen molar-refractivity contribution in [3.63, 3.8) is 0 Å². The molecule has 1 aromatic carbocycles. The first kappa shape index (κ1) is 24.7. The second-order valence-electron chi connectivity index (χ2n) is 11.8. The Bertz CT molecular complexity index is 1600. The maximum atomic E-state index is 14.0. The highest BCUT2D eigenvalue weighted by Crippen LogP contribution is 2.48. The summed E-state index contributed by atoms with van der Waals surface area (Å²) in [7, 11) is 2.00. The number of rotatable bonds is 7. The molecule has 0 bridgehead atoms. The van der Waals surface area contributed by atoms with Crippen LogP contribution in [0.2, 0.25) is 0 Å². The van der Waals surface area contributed by atoms with E-state index in [1.54, 1.807) is 12.6 Å². The van der Waals surface area contributed by atoms with Crippen LogP contribution in [0.3, 0.4) is 0 Å². The minimum absolute atomic E-state index is 0.0235. The third-order valence-corrected chi connectivity index (χ3v) is 8.47. The number of aromatic nitrogens is 4. The first-order valence-corrected chi connectivity index (χ1v) is 14.2. The lowest BCUT2D eigenvalue weighted by Crippen LogP contribution is -2.40. The second-order valence-corrected chi connectivity index (χ2v) is 11.8. The van der Waals surface area contributed by atoms with Crippen molar-refractivity contribution in [2.45, 2.75) is 64.0 Å². The average Bonchev–Trinajstić information content (AvgIpc) is 3.84. The van der Waals surface area contributed by atoms with E-state index >= 15 is 0 Å². The molecule has 1 aliphatic heterocycles. The zero-order valence-corrected chi connectivity index (χ0v) is 22.9. The number of pyridine rings is 1. The Kier molecular flexibility index (Phi) is 6.12. The molecule has 4 heterocycles. The zero-order chi connectivity index (χ0) is 26.7. The molecule has 0 amide bonds. The average molecular weight is 526 g/mol. The summed E-state index contributed by atoms with van der Waals surface area (Å²) in [6, 6.07) is 8.48. The number of hydrogen-bond donors (Lipinski definition) is 0. The number of morpholine rings is 1. The summed E-state index contributed by atoms with van der Waals surface area (Å²) < 4.78 is 13.9. The van der Waals surface area contributed by atoms with E-state index in [4.69, 9.17) is 14.1 Å². The lowest BCUT2D eigenvalue weighted by molar-refractivity contribution is -0.0212. The van der Waals surface area contributed by atoms with Gasteiger partial charge in [0.15, 0.2) is 0 Å². The van der Waals surface area contributed by atoms with Crippen LogP contribution in [0.4, 0.5) is 0 Å². The van der Waals surface area contributed by atoms with E-state index in [2.05, 4.69) is 40.2 Å². The van der Waals surface area contributed by atoms with Crippen LogP contribution in [0.15, 0.2) is 46.1 Å². The lowest BCUT2D eigenvalue weighted by Gasteiger charge is -2.31. The molecule has 3 fully saturated rings. The van der Waals surface area contributed by atoms with Gasteiger partial charge in [-0.15, -0.1) is 10.2 Å². The van der Waals surface area contributed by atoms with Gasteiger partial charge in [-0.3, -0.25) is 14.7 Å².